The molecule has 0 aromatic heterocycles. The highest BCUT2D eigenvalue weighted by molar-refractivity contribution is 6.30. The van der Waals surface area contributed by atoms with Crippen LogP contribution >= 0.6 is 11.6 Å². The number of guanidine groups is 1. The first-order valence-electron chi connectivity index (χ1n) is 9.12. The van der Waals surface area contributed by atoms with Crippen LogP contribution in [0.4, 0.5) is 0 Å². The summed E-state index contributed by atoms with van der Waals surface area (Å²) in [6.45, 7) is 9.67. The van der Waals surface area contributed by atoms with Crippen molar-refractivity contribution in [3.63, 3.8) is 0 Å². The molecule has 2 aliphatic heterocycles. The van der Waals surface area contributed by atoms with Crippen LogP contribution in [0.25, 0.3) is 0 Å². The summed E-state index contributed by atoms with van der Waals surface area (Å²) >= 11 is 5.93. The largest absolute Gasteiger partial charge is 0.380 e. The number of aliphatic imine (C=N–C) groups is 1. The molecular weight excluding hydrogens is 352 g/mol. The minimum atomic E-state index is 0.120. The van der Waals surface area contributed by atoms with Gasteiger partial charge in [0.25, 0.3) is 0 Å². The molecule has 1 aromatic carbocycles. The summed E-state index contributed by atoms with van der Waals surface area (Å²) in [5.74, 6) is 0.940. The summed E-state index contributed by atoms with van der Waals surface area (Å²) in [7, 11) is 0. The summed E-state index contributed by atoms with van der Waals surface area (Å²) in [4.78, 5) is 21.3. The Hall–Kier alpha value is -1.79. The lowest BCUT2D eigenvalue weighted by atomic mass is 9.89. The predicted octanol–water partition coefficient (Wildman–Crippen LogP) is 1.99. The van der Waals surface area contributed by atoms with Crippen LogP contribution in [0.15, 0.2) is 29.3 Å². The second-order valence-electron chi connectivity index (χ2n) is 7.34. The smallest absolute Gasteiger partial charge is 0.242 e. The molecule has 2 saturated heterocycles. The van der Waals surface area contributed by atoms with Crippen LogP contribution in [-0.2, 0) is 16.1 Å². The van der Waals surface area contributed by atoms with Crippen molar-refractivity contribution < 1.29 is 9.53 Å². The molecule has 0 saturated carbocycles. The fourth-order valence-electron chi connectivity index (χ4n) is 3.10. The van der Waals surface area contributed by atoms with E-state index < -0.39 is 0 Å². The van der Waals surface area contributed by atoms with Crippen molar-refractivity contribution in [2.45, 2.75) is 20.4 Å². The van der Waals surface area contributed by atoms with Crippen molar-refractivity contribution in [1.82, 2.24) is 15.1 Å². The van der Waals surface area contributed by atoms with Gasteiger partial charge < -0.3 is 19.9 Å². The number of nitrogens with one attached hydrogen (secondary N) is 1. The lowest BCUT2D eigenvalue weighted by molar-refractivity contribution is -0.135. The lowest BCUT2D eigenvalue weighted by Crippen LogP contribution is -2.55. The van der Waals surface area contributed by atoms with Gasteiger partial charge in [-0.2, -0.15) is 0 Å². The van der Waals surface area contributed by atoms with Gasteiger partial charge in [0.15, 0.2) is 5.96 Å². The number of carbonyl (C=O) groups is 1. The fourth-order valence-corrected chi connectivity index (χ4v) is 3.23. The van der Waals surface area contributed by atoms with Crippen LogP contribution in [0, 0.1) is 5.41 Å². The molecule has 0 unspecified atom stereocenters. The molecule has 26 heavy (non-hydrogen) atoms. The average molecular weight is 379 g/mol. The molecule has 0 aliphatic carbocycles. The Morgan fingerprint density at radius 2 is 2.04 bits per heavy atom. The molecule has 2 heterocycles. The fraction of sp³-hybridized carbons (Fsp3) is 0.579. The third-order valence-electron chi connectivity index (χ3n) is 4.75. The maximum absolute atomic E-state index is 12.6. The molecule has 0 atom stereocenters. The van der Waals surface area contributed by atoms with E-state index in [4.69, 9.17) is 21.3 Å². The predicted molar refractivity (Wildman–Crippen MR) is 103 cm³/mol. The van der Waals surface area contributed by atoms with E-state index >= 15 is 0 Å². The standard InChI is InChI=1S/C19H27ClN4O2/c1-3-21-18(22-12-19(2)13-26-14-19)24-9-8-23(17(25)11-24)10-15-4-6-16(20)7-5-15/h4-7H,3,8-14H2,1-2H3,(H,21,22). The quantitative estimate of drug-likeness (QED) is 0.628. The zero-order valence-electron chi connectivity index (χ0n) is 15.5. The van der Waals surface area contributed by atoms with Gasteiger partial charge in [0.2, 0.25) is 5.91 Å². The van der Waals surface area contributed by atoms with Gasteiger partial charge in [-0.1, -0.05) is 30.7 Å². The molecule has 7 heteroatoms. The highest BCUT2D eigenvalue weighted by Crippen LogP contribution is 2.26. The molecule has 142 valence electrons. The molecule has 1 amide bonds. The SMILES string of the molecule is CCNC(=NCC1(C)COC1)N1CCN(Cc2ccc(Cl)cc2)C(=O)C1. The van der Waals surface area contributed by atoms with E-state index in [-0.39, 0.29) is 11.3 Å². The van der Waals surface area contributed by atoms with E-state index in [1.807, 2.05) is 41.0 Å². The number of halogens is 1. The van der Waals surface area contributed by atoms with Gasteiger partial charge in [-0.05, 0) is 24.6 Å². The second-order valence-corrected chi connectivity index (χ2v) is 7.77. The number of piperazine rings is 1. The van der Waals surface area contributed by atoms with E-state index in [0.717, 1.165) is 37.8 Å². The number of rotatable bonds is 5. The maximum atomic E-state index is 12.6. The van der Waals surface area contributed by atoms with Gasteiger partial charge >= 0.3 is 0 Å². The zero-order chi connectivity index (χ0) is 18.6. The molecule has 2 fully saturated rings. The van der Waals surface area contributed by atoms with Gasteiger partial charge in [-0.25, -0.2) is 0 Å². The van der Waals surface area contributed by atoms with Crippen molar-refractivity contribution in [2.24, 2.45) is 10.4 Å². The van der Waals surface area contributed by atoms with Crippen LogP contribution < -0.4 is 5.32 Å². The van der Waals surface area contributed by atoms with Crippen molar-refractivity contribution >= 4 is 23.5 Å². The monoisotopic (exact) mass is 378 g/mol. The Bertz CT molecular complexity index is 658. The van der Waals surface area contributed by atoms with Crippen molar-refractivity contribution in [1.29, 1.82) is 0 Å². The first-order chi connectivity index (χ1) is 12.5. The number of nitrogens with zero attached hydrogens (tertiary/aromatic N) is 3. The molecule has 3 rings (SSSR count). The highest BCUT2D eigenvalue weighted by Gasteiger charge is 2.34. The Balaban J connectivity index is 1.59. The Morgan fingerprint density at radius 1 is 1.31 bits per heavy atom. The summed E-state index contributed by atoms with van der Waals surface area (Å²) < 4.78 is 5.30. The lowest BCUT2D eigenvalue weighted by Gasteiger charge is -2.38. The van der Waals surface area contributed by atoms with Gasteiger partial charge in [0, 0.05) is 36.6 Å². The van der Waals surface area contributed by atoms with Crippen molar-refractivity contribution in [3.05, 3.63) is 34.9 Å². The number of benzene rings is 1. The third-order valence-corrected chi connectivity index (χ3v) is 5.00. The van der Waals surface area contributed by atoms with Gasteiger partial charge in [0.05, 0.1) is 26.3 Å². The van der Waals surface area contributed by atoms with Crippen LogP contribution in [0.3, 0.4) is 0 Å². The molecule has 0 spiro atoms. The molecule has 2 aliphatic rings. The first-order valence-corrected chi connectivity index (χ1v) is 9.50. The summed E-state index contributed by atoms with van der Waals surface area (Å²) in [5.41, 5.74) is 1.22. The van der Waals surface area contributed by atoms with Crippen LogP contribution in [-0.4, -0.2) is 67.6 Å². The summed E-state index contributed by atoms with van der Waals surface area (Å²) in [5, 5.41) is 4.02. The normalized spacial score (nSPS) is 20.1. The van der Waals surface area contributed by atoms with E-state index in [1.165, 1.54) is 0 Å². The van der Waals surface area contributed by atoms with Gasteiger partial charge in [-0.15, -0.1) is 0 Å². The highest BCUT2D eigenvalue weighted by atomic mass is 35.5. The van der Waals surface area contributed by atoms with Crippen molar-refractivity contribution in [3.8, 4) is 0 Å². The topological polar surface area (TPSA) is 57.2 Å². The number of carbonyl (C=O) groups excluding carboxylic acids is 1. The second kappa shape index (κ2) is 8.27. The minimum absolute atomic E-state index is 0.120. The zero-order valence-corrected chi connectivity index (χ0v) is 16.3. The molecule has 0 bridgehead atoms. The van der Waals surface area contributed by atoms with E-state index in [9.17, 15) is 4.79 Å². The Kier molecular flexibility index (Phi) is 6.04. The maximum Gasteiger partial charge on any atom is 0.242 e. The van der Waals surface area contributed by atoms with Gasteiger partial charge in [-0.3, -0.25) is 9.79 Å². The summed E-state index contributed by atoms with van der Waals surface area (Å²) in [6.07, 6.45) is 0. The number of amides is 1. The van der Waals surface area contributed by atoms with E-state index in [0.29, 0.717) is 31.2 Å². The molecule has 0 radical (unpaired) electrons. The van der Waals surface area contributed by atoms with Crippen LogP contribution in [0.2, 0.25) is 5.02 Å². The number of hydrogen-bond acceptors (Lipinski definition) is 3. The van der Waals surface area contributed by atoms with Crippen molar-refractivity contribution in [2.75, 3.05) is 45.9 Å². The average Bonchev–Trinajstić information content (AvgIpc) is 2.60. The van der Waals surface area contributed by atoms with Crippen LogP contribution in [0.1, 0.15) is 19.4 Å². The molecule has 1 aromatic rings. The van der Waals surface area contributed by atoms with E-state index in [1.54, 1.807) is 0 Å². The van der Waals surface area contributed by atoms with E-state index in [2.05, 4.69) is 12.2 Å². The van der Waals surface area contributed by atoms with Crippen LogP contribution in [0.5, 0.6) is 0 Å². The minimum Gasteiger partial charge on any atom is -0.380 e. The number of hydrogen-bond donors (Lipinski definition) is 1. The Labute approximate surface area is 160 Å². The number of ether oxygens (including phenoxy) is 1. The molecule has 1 N–H and O–H groups in total. The van der Waals surface area contributed by atoms with Gasteiger partial charge in [0.1, 0.15) is 0 Å². The molecular formula is C19H27ClN4O2. The summed E-state index contributed by atoms with van der Waals surface area (Å²) in [6, 6.07) is 7.65. The first kappa shape index (κ1) is 19.0. The molecule has 6 nitrogen and oxygen atoms in total. The third kappa shape index (κ3) is 4.68. The Morgan fingerprint density at radius 3 is 2.62 bits per heavy atom.